The summed E-state index contributed by atoms with van der Waals surface area (Å²) >= 11 is 12.2. The van der Waals surface area contributed by atoms with E-state index in [-0.39, 0.29) is 11.9 Å². The maximum Gasteiger partial charge on any atom is 0.247 e. The summed E-state index contributed by atoms with van der Waals surface area (Å²) in [5, 5.41) is 9.51. The molecule has 0 saturated carbocycles. The van der Waals surface area contributed by atoms with Crippen LogP contribution >= 0.6 is 23.2 Å². The maximum atomic E-state index is 13.2. The van der Waals surface area contributed by atoms with Crippen molar-refractivity contribution in [2.45, 2.75) is 19.5 Å². The minimum Gasteiger partial charge on any atom is -0.419 e. The van der Waals surface area contributed by atoms with E-state index >= 15 is 0 Å². The molecule has 0 amide bonds. The van der Waals surface area contributed by atoms with E-state index in [0.717, 1.165) is 37.3 Å². The molecule has 5 nitrogen and oxygen atoms in total. The highest BCUT2D eigenvalue weighted by atomic mass is 35.5. The van der Waals surface area contributed by atoms with Gasteiger partial charge in [0.1, 0.15) is 5.82 Å². The SMILES string of the molecule is CC(c1nnc(-c2cccc(Cl)c2)o1)N1CCN(Cc2ccc(F)cc2Cl)CC1. The van der Waals surface area contributed by atoms with Gasteiger partial charge < -0.3 is 4.42 Å². The van der Waals surface area contributed by atoms with Crippen molar-refractivity contribution in [1.82, 2.24) is 20.0 Å². The largest absolute Gasteiger partial charge is 0.419 e. The zero-order chi connectivity index (χ0) is 20.4. The highest BCUT2D eigenvalue weighted by Gasteiger charge is 2.26. The lowest BCUT2D eigenvalue weighted by Gasteiger charge is -2.37. The molecule has 0 radical (unpaired) electrons. The van der Waals surface area contributed by atoms with E-state index in [0.29, 0.717) is 28.4 Å². The van der Waals surface area contributed by atoms with Crippen molar-refractivity contribution in [3.8, 4) is 11.5 Å². The summed E-state index contributed by atoms with van der Waals surface area (Å²) in [7, 11) is 0. The number of aromatic nitrogens is 2. The molecule has 1 atom stereocenters. The quantitative estimate of drug-likeness (QED) is 0.561. The molecule has 2 heterocycles. The fraction of sp³-hybridized carbons (Fsp3) is 0.333. The smallest absolute Gasteiger partial charge is 0.247 e. The van der Waals surface area contributed by atoms with E-state index in [2.05, 4.69) is 26.9 Å². The minimum atomic E-state index is -0.311. The summed E-state index contributed by atoms with van der Waals surface area (Å²) in [4.78, 5) is 4.63. The van der Waals surface area contributed by atoms with Crippen LogP contribution in [0.3, 0.4) is 0 Å². The van der Waals surface area contributed by atoms with Crippen molar-refractivity contribution < 1.29 is 8.81 Å². The van der Waals surface area contributed by atoms with Gasteiger partial charge in [0, 0.05) is 48.3 Å². The Morgan fingerprint density at radius 1 is 1.07 bits per heavy atom. The van der Waals surface area contributed by atoms with Gasteiger partial charge in [0.05, 0.1) is 6.04 Å². The molecule has 1 saturated heterocycles. The van der Waals surface area contributed by atoms with Crippen molar-refractivity contribution in [1.29, 1.82) is 0 Å². The highest BCUT2D eigenvalue weighted by molar-refractivity contribution is 6.31. The van der Waals surface area contributed by atoms with Crippen LogP contribution in [0.15, 0.2) is 46.9 Å². The molecule has 1 aliphatic heterocycles. The van der Waals surface area contributed by atoms with E-state index in [1.54, 1.807) is 6.07 Å². The fourth-order valence-corrected chi connectivity index (χ4v) is 3.91. The van der Waals surface area contributed by atoms with Crippen LogP contribution in [0.1, 0.15) is 24.4 Å². The normalized spacial score (nSPS) is 16.8. The van der Waals surface area contributed by atoms with Crippen molar-refractivity contribution in [2.24, 2.45) is 0 Å². The van der Waals surface area contributed by atoms with E-state index in [9.17, 15) is 4.39 Å². The number of halogens is 3. The first-order valence-electron chi connectivity index (χ1n) is 9.49. The molecule has 152 valence electrons. The Morgan fingerprint density at radius 2 is 1.86 bits per heavy atom. The van der Waals surface area contributed by atoms with Crippen molar-refractivity contribution in [3.63, 3.8) is 0 Å². The van der Waals surface area contributed by atoms with Crippen LogP contribution in [0.2, 0.25) is 10.0 Å². The van der Waals surface area contributed by atoms with Gasteiger partial charge in [-0.3, -0.25) is 9.80 Å². The molecule has 1 fully saturated rings. The highest BCUT2D eigenvalue weighted by Crippen LogP contribution is 2.27. The maximum absolute atomic E-state index is 13.2. The number of hydrogen-bond donors (Lipinski definition) is 0. The zero-order valence-corrected chi connectivity index (χ0v) is 17.5. The summed E-state index contributed by atoms with van der Waals surface area (Å²) in [6.45, 7) is 6.28. The summed E-state index contributed by atoms with van der Waals surface area (Å²) < 4.78 is 19.1. The van der Waals surface area contributed by atoms with Crippen molar-refractivity contribution in [2.75, 3.05) is 26.2 Å². The standard InChI is InChI=1S/C21H21Cl2FN4O/c1-14(20-25-26-21(29-20)15-3-2-4-17(22)11-15)28-9-7-27(8-10-28)13-16-5-6-18(24)12-19(16)23/h2-6,11-12,14H,7-10,13H2,1H3. The van der Waals surface area contributed by atoms with E-state index in [4.69, 9.17) is 27.6 Å². The Bertz CT molecular complexity index is 988. The monoisotopic (exact) mass is 434 g/mol. The average Bonchev–Trinajstić information content (AvgIpc) is 3.20. The zero-order valence-electron chi connectivity index (χ0n) is 16.0. The number of rotatable bonds is 5. The molecule has 0 bridgehead atoms. The van der Waals surface area contributed by atoms with Gasteiger partial charge >= 0.3 is 0 Å². The van der Waals surface area contributed by atoms with Crippen LogP contribution in [-0.4, -0.2) is 46.2 Å². The van der Waals surface area contributed by atoms with Crippen LogP contribution in [0, 0.1) is 5.82 Å². The van der Waals surface area contributed by atoms with Gasteiger partial charge in [-0.25, -0.2) is 4.39 Å². The molecule has 0 aliphatic carbocycles. The van der Waals surface area contributed by atoms with Gasteiger partial charge in [0.2, 0.25) is 11.8 Å². The van der Waals surface area contributed by atoms with E-state index < -0.39 is 0 Å². The van der Waals surface area contributed by atoms with E-state index in [1.807, 2.05) is 24.3 Å². The van der Waals surface area contributed by atoms with Crippen molar-refractivity contribution >= 4 is 23.2 Å². The van der Waals surface area contributed by atoms with Gasteiger partial charge in [-0.05, 0) is 42.8 Å². The van der Waals surface area contributed by atoms with Gasteiger partial charge in [-0.15, -0.1) is 10.2 Å². The molecular formula is C21H21Cl2FN4O. The molecular weight excluding hydrogens is 414 g/mol. The molecule has 0 spiro atoms. The van der Waals surface area contributed by atoms with Gasteiger partial charge in [-0.2, -0.15) is 0 Å². The topological polar surface area (TPSA) is 45.4 Å². The number of benzene rings is 2. The second-order valence-corrected chi connectivity index (χ2v) is 8.02. The molecule has 4 rings (SSSR count). The lowest BCUT2D eigenvalue weighted by molar-refractivity contribution is 0.0876. The Labute approximate surface area is 179 Å². The molecule has 1 aromatic heterocycles. The van der Waals surface area contributed by atoms with Crippen LogP contribution in [0.4, 0.5) is 4.39 Å². The Hall–Kier alpha value is -1.99. The van der Waals surface area contributed by atoms with Gasteiger partial charge in [0.15, 0.2) is 0 Å². The van der Waals surface area contributed by atoms with Gasteiger partial charge in [0.25, 0.3) is 0 Å². The molecule has 1 aliphatic rings. The van der Waals surface area contributed by atoms with E-state index in [1.165, 1.54) is 12.1 Å². The van der Waals surface area contributed by atoms with Crippen LogP contribution < -0.4 is 0 Å². The summed E-state index contributed by atoms with van der Waals surface area (Å²) in [5.74, 6) is 0.753. The first kappa shape index (κ1) is 20.3. The van der Waals surface area contributed by atoms with Crippen molar-refractivity contribution in [3.05, 3.63) is 69.8 Å². The third-order valence-electron chi connectivity index (χ3n) is 5.23. The predicted octanol–water partition coefficient (Wildman–Crippen LogP) is 5.06. The van der Waals surface area contributed by atoms with Crippen LogP contribution in [-0.2, 0) is 6.54 Å². The molecule has 8 heteroatoms. The lowest BCUT2D eigenvalue weighted by Crippen LogP contribution is -2.46. The second kappa shape index (κ2) is 8.79. The summed E-state index contributed by atoms with van der Waals surface area (Å²) in [6.07, 6.45) is 0. The number of hydrogen-bond acceptors (Lipinski definition) is 5. The third kappa shape index (κ3) is 4.78. The molecule has 1 unspecified atom stereocenters. The lowest BCUT2D eigenvalue weighted by atomic mass is 10.1. The number of nitrogens with zero attached hydrogens (tertiary/aromatic N) is 4. The Balaban J connectivity index is 1.36. The average molecular weight is 435 g/mol. The second-order valence-electron chi connectivity index (χ2n) is 7.18. The first-order valence-corrected chi connectivity index (χ1v) is 10.2. The first-order chi connectivity index (χ1) is 14.0. The molecule has 29 heavy (non-hydrogen) atoms. The molecule has 2 aromatic carbocycles. The summed E-state index contributed by atoms with van der Waals surface area (Å²) in [6, 6.07) is 12.0. The predicted molar refractivity (Wildman–Crippen MR) is 111 cm³/mol. The van der Waals surface area contributed by atoms with Crippen LogP contribution in [0.25, 0.3) is 11.5 Å². The van der Waals surface area contributed by atoms with Crippen LogP contribution in [0.5, 0.6) is 0 Å². The molecule has 0 N–H and O–H groups in total. The number of piperazine rings is 1. The third-order valence-corrected chi connectivity index (χ3v) is 5.82. The minimum absolute atomic E-state index is 0.0204. The van der Waals surface area contributed by atoms with Gasteiger partial charge in [-0.1, -0.05) is 35.3 Å². The Morgan fingerprint density at radius 3 is 2.59 bits per heavy atom. The fourth-order valence-electron chi connectivity index (χ4n) is 3.50. The molecule has 3 aromatic rings. The summed E-state index contributed by atoms with van der Waals surface area (Å²) in [5.41, 5.74) is 1.75. The Kier molecular flexibility index (Phi) is 6.15.